The van der Waals surface area contributed by atoms with Gasteiger partial charge in [-0.05, 0) is 19.1 Å². The number of allylic oxidation sites excluding steroid dienone is 1. The largest absolute Gasteiger partial charge is 0.385 e. The van der Waals surface area contributed by atoms with Crippen LogP contribution in [0.15, 0.2) is 41.9 Å². The number of halogens is 1. The zero-order valence-corrected chi connectivity index (χ0v) is 8.81. The first kappa shape index (κ1) is 10.7. The van der Waals surface area contributed by atoms with Gasteiger partial charge in [0.05, 0.1) is 0 Å². The molecule has 2 aromatic rings. The highest BCUT2D eigenvalue weighted by Gasteiger charge is 1.92. The fourth-order valence-corrected chi connectivity index (χ4v) is 1.10. The Kier molecular flexibility index (Phi) is 3.60. The number of fused-ring (bicyclic) bond motifs is 1. The molecule has 0 fully saturated rings. The summed E-state index contributed by atoms with van der Waals surface area (Å²) in [6.45, 7) is 5.06. The molecule has 0 saturated carbocycles. The second-order valence-electron chi connectivity index (χ2n) is 2.99. The van der Waals surface area contributed by atoms with E-state index in [0.717, 1.165) is 11.3 Å². The van der Waals surface area contributed by atoms with Crippen molar-refractivity contribution in [2.24, 2.45) is 0 Å². The van der Waals surface area contributed by atoms with Crippen molar-refractivity contribution < 1.29 is 0 Å². The quantitative estimate of drug-likeness (QED) is 0.684. The first-order chi connectivity index (χ1) is 6.59. The van der Waals surface area contributed by atoms with Crippen LogP contribution in [0.25, 0.3) is 10.9 Å². The number of hydrogen-bond acceptors (Lipinski definition) is 1. The van der Waals surface area contributed by atoms with E-state index >= 15 is 0 Å². The second kappa shape index (κ2) is 4.72. The van der Waals surface area contributed by atoms with Crippen molar-refractivity contribution in [2.45, 2.75) is 6.92 Å². The number of anilines is 1. The summed E-state index contributed by atoms with van der Waals surface area (Å²) in [4.78, 5) is 3.04. The number of benzene rings is 1. The molecule has 2 rings (SSSR count). The summed E-state index contributed by atoms with van der Waals surface area (Å²) in [5.41, 5.74) is 6.63. The van der Waals surface area contributed by atoms with E-state index in [9.17, 15) is 0 Å². The standard InChI is InChI=1S/C8H8N2.C3H5Cl/c9-8-5-6-3-1-2-4-7(6)10-8;1-3(2)4/h1-5,10H,9H2;1H2,2H3. The number of aromatic amines is 1. The highest BCUT2D eigenvalue weighted by molar-refractivity contribution is 6.28. The minimum absolute atomic E-state index is 0.639. The molecule has 1 aromatic carbocycles. The van der Waals surface area contributed by atoms with Crippen molar-refractivity contribution in [1.29, 1.82) is 0 Å². The fraction of sp³-hybridized carbons (Fsp3) is 0.0909. The summed E-state index contributed by atoms with van der Waals surface area (Å²) in [6, 6.07) is 9.94. The van der Waals surface area contributed by atoms with Crippen molar-refractivity contribution >= 4 is 28.3 Å². The van der Waals surface area contributed by atoms with Gasteiger partial charge in [-0.15, -0.1) is 0 Å². The molecule has 1 heterocycles. The third kappa shape index (κ3) is 3.15. The smallest absolute Gasteiger partial charge is 0.101 e. The van der Waals surface area contributed by atoms with Gasteiger partial charge in [0, 0.05) is 15.9 Å². The maximum atomic E-state index is 5.54. The Labute approximate surface area is 88.4 Å². The molecule has 0 radical (unpaired) electrons. The molecule has 1 aromatic heterocycles. The molecular weight excluding hydrogens is 196 g/mol. The van der Waals surface area contributed by atoms with Gasteiger partial charge in [-0.2, -0.15) is 0 Å². The Bertz CT molecular complexity index is 395. The summed E-state index contributed by atoms with van der Waals surface area (Å²) in [7, 11) is 0. The predicted molar refractivity (Wildman–Crippen MR) is 63.4 cm³/mol. The van der Waals surface area contributed by atoms with Crippen molar-refractivity contribution in [3.05, 3.63) is 41.9 Å². The summed E-state index contributed by atoms with van der Waals surface area (Å²) >= 11 is 5.08. The molecule has 3 N–H and O–H groups in total. The lowest BCUT2D eigenvalue weighted by molar-refractivity contribution is 1.47. The summed E-state index contributed by atoms with van der Waals surface area (Å²) in [6.07, 6.45) is 0. The Morgan fingerprint density at radius 2 is 2.00 bits per heavy atom. The minimum Gasteiger partial charge on any atom is -0.385 e. The van der Waals surface area contributed by atoms with Crippen LogP contribution < -0.4 is 5.73 Å². The van der Waals surface area contributed by atoms with E-state index < -0.39 is 0 Å². The molecule has 0 spiro atoms. The Morgan fingerprint density at radius 1 is 1.43 bits per heavy atom. The Balaban J connectivity index is 0.000000213. The van der Waals surface area contributed by atoms with Crippen molar-refractivity contribution in [1.82, 2.24) is 4.98 Å². The lowest BCUT2D eigenvalue weighted by Gasteiger charge is -1.83. The van der Waals surface area contributed by atoms with Gasteiger partial charge in [0.15, 0.2) is 0 Å². The van der Waals surface area contributed by atoms with E-state index in [2.05, 4.69) is 11.6 Å². The van der Waals surface area contributed by atoms with Gasteiger partial charge in [-0.3, -0.25) is 0 Å². The van der Waals surface area contributed by atoms with E-state index in [0.29, 0.717) is 5.03 Å². The van der Waals surface area contributed by atoms with Crippen LogP contribution in [0.1, 0.15) is 6.92 Å². The Hall–Kier alpha value is -1.41. The van der Waals surface area contributed by atoms with Crippen LogP contribution in [0, 0.1) is 0 Å². The molecule has 0 atom stereocenters. The number of nitrogens with one attached hydrogen (secondary N) is 1. The lowest BCUT2D eigenvalue weighted by atomic mass is 10.3. The highest BCUT2D eigenvalue weighted by Crippen LogP contribution is 2.14. The van der Waals surface area contributed by atoms with Gasteiger partial charge < -0.3 is 10.7 Å². The number of aromatic nitrogens is 1. The van der Waals surface area contributed by atoms with Gasteiger partial charge in [-0.25, -0.2) is 0 Å². The third-order valence-electron chi connectivity index (χ3n) is 1.55. The molecule has 0 unspecified atom stereocenters. The predicted octanol–water partition coefficient (Wildman–Crippen LogP) is 3.51. The highest BCUT2D eigenvalue weighted by atomic mass is 35.5. The second-order valence-corrected chi connectivity index (χ2v) is 3.63. The molecule has 14 heavy (non-hydrogen) atoms. The number of hydrogen-bond donors (Lipinski definition) is 2. The SMILES string of the molecule is C=C(C)Cl.Nc1cc2ccccc2[nH]1. The van der Waals surface area contributed by atoms with Crippen molar-refractivity contribution in [3.8, 4) is 0 Å². The maximum absolute atomic E-state index is 5.54. The van der Waals surface area contributed by atoms with E-state index in [1.165, 1.54) is 5.39 Å². The normalized spacial score (nSPS) is 9.29. The molecule has 0 amide bonds. The number of H-pyrrole nitrogens is 1. The van der Waals surface area contributed by atoms with Crippen LogP contribution in [-0.2, 0) is 0 Å². The maximum Gasteiger partial charge on any atom is 0.101 e. The van der Waals surface area contributed by atoms with E-state index in [1.807, 2.05) is 30.3 Å². The van der Waals surface area contributed by atoms with E-state index in [4.69, 9.17) is 17.3 Å². The molecule has 74 valence electrons. The molecule has 0 aliphatic rings. The van der Waals surface area contributed by atoms with Gasteiger partial charge in [0.25, 0.3) is 0 Å². The van der Waals surface area contributed by atoms with Gasteiger partial charge in [0.1, 0.15) is 5.82 Å². The zero-order chi connectivity index (χ0) is 10.6. The molecular formula is C11H13ClN2. The number of nitrogen functional groups attached to an aromatic ring is 1. The lowest BCUT2D eigenvalue weighted by Crippen LogP contribution is -1.80. The van der Waals surface area contributed by atoms with Gasteiger partial charge >= 0.3 is 0 Å². The summed E-state index contributed by atoms with van der Waals surface area (Å²) in [5.74, 6) is 0.723. The van der Waals surface area contributed by atoms with Crippen LogP contribution in [0.4, 0.5) is 5.82 Å². The van der Waals surface area contributed by atoms with Crippen LogP contribution in [0.2, 0.25) is 0 Å². The molecule has 2 nitrogen and oxygen atoms in total. The number of para-hydroxylation sites is 1. The molecule has 0 aliphatic heterocycles. The van der Waals surface area contributed by atoms with Crippen molar-refractivity contribution in [3.63, 3.8) is 0 Å². The number of rotatable bonds is 0. The van der Waals surface area contributed by atoms with Gasteiger partial charge in [0.2, 0.25) is 0 Å². The molecule has 3 heteroatoms. The van der Waals surface area contributed by atoms with Gasteiger partial charge in [-0.1, -0.05) is 36.4 Å². The van der Waals surface area contributed by atoms with Crippen molar-refractivity contribution in [2.75, 3.05) is 5.73 Å². The first-order valence-electron chi connectivity index (χ1n) is 4.24. The third-order valence-corrected chi connectivity index (χ3v) is 1.55. The summed E-state index contributed by atoms with van der Waals surface area (Å²) in [5, 5.41) is 1.81. The molecule has 0 saturated heterocycles. The summed E-state index contributed by atoms with van der Waals surface area (Å²) < 4.78 is 0. The molecule has 0 bridgehead atoms. The van der Waals surface area contributed by atoms with Crippen LogP contribution >= 0.6 is 11.6 Å². The molecule has 0 aliphatic carbocycles. The Morgan fingerprint density at radius 3 is 2.57 bits per heavy atom. The first-order valence-corrected chi connectivity index (χ1v) is 4.61. The van der Waals surface area contributed by atoms with Crippen LogP contribution in [0.5, 0.6) is 0 Å². The van der Waals surface area contributed by atoms with E-state index in [-0.39, 0.29) is 0 Å². The average Bonchev–Trinajstić information content (AvgIpc) is 2.42. The van der Waals surface area contributed by atoms with Crippen LogP contribution in [0.3, 0.4) is 0 Å². The number of nitrogens with two attached hydrogens (primary N) is 1. The van der Waals surface area contributed by atoms with E-state index in [1.54, 1.807) is 6.92 Å². The topological polar surface area (TPSA) is 41.8 Å². The monoisotopic (exact) mass is 208 g/mol. The zero-order valence-electron chi connectivity index (χ0n) is 8.05. The minimum atomic E-state index is 0.639. The average molecular weight is 209 g/mol. The van der Waals surface area contributed by atoms with Crippen LogP contribution in [-0.4, -0.2) is 4.98 Å². The fourth-order valence-electron chi connectivity index (χ4n) is 1.10.